The first-order chi connectivity index (χ1) is 60.2. The molecule has 2 saturated heterocycles. The fraction of sp³-hybridized carbons (Fsp3) is 0.551. The van der Waals surface area contributed by atoms with Crippen molar-refractivity contribution < 1.29 is 148 Å². The number of benzene rings is 4. The van der Waals surface area contributed by atoms with Crippen LogP contribution in [0.4, 0.5) is 15.3 Å². The first-order valence-electron chi connectivity index (χ1n) is 41.9. The first-order valence-corrected chi connectivity index (χ1v) is 41.9. The topological polar surface area (TPSA) is 495 Å². The number of imide groups is 1. The molecule has 2 heterocycles. The number of ether oxygens (including phenoxy) is 14. The second-order valence-corrected chi connectivity index (χ2v) is 32.1. The monoisotopic (exact) mass is 1760 g/mol. The average molecular weight is 1760 g/mol. The maximum absolute atomic E-state index is 16.0. The number of carbonyl (C=O) groups excluding carboxylic acids is 14. The lowest BCUT2D eigenvalue weighted by Crippen LogP contribution is -2.82. The van der Waals surface area contributed by atoms with Crippen LogP contribution in [-0.4, -0.2) is 258 Å². The van der Waals surface area contributed by atoms with Gasteiger partial charge in [-0.1, -0.05) is 107 Å². The molecular weight excluding hydrogens is 1650 g/mol. The summed E-state index contributed by atoms with van der Waals surface area (Å²) in [6, 6.07) is 25.7. The molecule has 4 aromatic rings. The Morgan fingerprint density at radius 1 is 0.643 bits per heavy atom. The van der Waals surface area contributed by atoms with Crippen LogP contribution < -0.4 is 27.0 Å². The van der Waals surface area contributed by atoms with Gasteiger partial charge in [-0.3, -0.25) is 43.2 Å². The number of rotatable bonds is 49. The SMILES string of the molecule is CC(=O)O[C@H]1C(=O)[C@@]2(C)[C@H]([C@H](OC(=O)c3ccccc3)[C@]3(O)C[C@H](OC(=O)[C@H](OC(=O)OCc4ccc(NC(=O)C(CCCNC(N)=O)NC(=O)C(CC(=O)CCOCCOCCOCCOCCOCCOCCOCCC(=O)ON5C(=O)CCC5=O)C(C)C)cc4)[C@@H](NC(=O)c4ccccc4)c4ccccc4)C(C)=C1C3(C)C)[C@]1(OC(C)=O)CO[C@@H]1C[C@@H]2O. The molecule has 5 aliphatic rings. The van der Waals surface area contributed by atoms with E-state index >= 15 is 9.59 Å². The number of ketones is 2. The van der Waals surface area contributed by atoms with E-state index in [4.69, 9.17) is 76.9 Å². The summed E-state index contributed by atoms with van der Waals surface area (Å²) in [7, 11) is 0. The van der Waals surface area contributed by atoms with Crippen LogP contribution in [-0.2, 0) is 126 Å². The largest absolute Gasteiger partial charge is 0.509 e. The van der Waals surface area contributed by atoms with Crippen LogP contribution in [0.1, 0.15) is 151 Å². The van der Waals surface area contributed by atoms with E-state index in [9.17, 15) is 67.7 Å². The second-order valence-electron chi connectivity index (χ2n) is 32.1. The number of urea groups is 1. The standard InChI is InChI=1S/C89H114N6O31/c1-54(2)64(49-63(98)32-35-112-37-39-114-41-43-116-45-47-118-48-46-117-44-42-115-40-38-113-36-33-71(102)126-95-69(100)30-31-70(95)101)80(105)93-65(25-18-34-91-84(90)109)81(106)92-62-28-26-58(27-29-62)52-119-85(110)123-75(73(59-19-12-9-13-20-59)94-79(104)60-21-14-10-15-22-60)83(108)122-66-51-89(111)78(124-82(107)61-23-16-11-17-24-61)76-87(8,67(99)50-68-88(76,53-120-68)125-57(5)97)77(103)74(121-56(4)96)72(55(66)3)86(89,6)7/h9-17,19-24,26-29,54,64-68,73-76,78,99,111H,18,25,30-53H2,1-8H3,(H,92,106)(H,93,105)(H,94,104)(H3,90,91,109)/t64?,65?,66-,67-,68+,73-,74+,75+,76-,78-,87+,88-,89+/m0/s1. The highest BCUT2D eigenvalue weighted by molar-refractivity contribution is 6.02. The number of hydrogen-bond donors (Lipinski definition) is 7. The lowest BCUT2D eigenvalue weighted by atomic mass is 9.44. The Kier molecular flexibility index (Phi) is 36.8. The Bertz CT molecular complexity index is 4440. The van der Waals surface area contributed by atoms with Gasteiger partial charge in [0.1, 0.15) is 48.4 Å². The van der Waals surface area contributed by atoms with Crippen molar-refractivity contribution >= 4 is 88.8 Å². The van der Waals surface area contributed by atoms with Crippen LogP contribution in [0.25, 0.3) is 0 Å². The van der Waals surface area contributed by atoms with Gasteiger partial charge in [-0.2, -0.15) is 0 Å². The molecule has 2 aliphatic heterocycles. The summed E-state index contributed by atoms with van der Waals surface area (Å²) in [5.41, 5.74) is -2.46. The Morgan fingerprint density at radius 2 is 1.18 bits per heavy atom. The number of hydrogen-bond acceptors (Lipinski definition) is 31. The Labute approximate surface area is 728 Å². The second kappa shape index (κ2) is 47.0. The van der Waals surface area contributed by atoms with Gasteiger partial charge in [0.25, 0.3) is 17.7 Å². The number of aliphatic hydroxyl groups excluding tert-OH is 1. The number of nitrogens with zero attached hydrogens (tertiary/aromatic N) is 1. The molecule has 686 valence electrons. The maximum Gasteiger partial charge on any atom is 0.509 e. The van der Waals surface area contributed by atoms with Crippen LogP contribution in [0.15, 0.2) is 126 Å². The quantitative estimate of drug-likeness (QED) is 0.00916. The van der Waals surface area contributed by atoms with E-state index < -0.39 is 180 Å². The molecule has 126 heavy (non-hydrogen) atoms. The van der Waals surface area contributed by atoms with Gasteiger partial charge in [0.15, 0.2) is 17.5 Å². The number of nitrogens with two attached hydrogens (primary N) is 1. The van der Waals surface area contributed by atoms with Crippen molar-refractivity contribution in [3.63, 3.8) is 0 Å². The van der Waals surface area contributed by atoms with E-state index in [0.29, 0.717) is 56.9 Å². The number of carbonyl (C=O) groups is 14. The third-order valence-electron chi connectivity index (χ3n) is 22.9. The van der Waals surface area contributed by atoms with E-state index in [2.05, 4.69) is 21.3 Å². The number of fused-ring (bicyclic) bond motifs is 5. The normalized spacial score (nSPS) is 22.6. The molecule has 8 N–H and O–H groups in total. The molecule has 2 bridgehead atoms. The molecule has 13 atom stereocenters. The van der Waals surface area contributed by atoms with Crippen LogP contribution in [0.2, 0.25) is 0 Å². The van der Waals surface area contributed by atoms with Crippen molar-refractivity contribution in [1.82, 2.24) is 21.0 Å². The highest BCUT2D eigenvalue weighted by Gasteiger charge is 2.78. The summed E-state index contributed by atoms with van der Waals surface area (Å²) in [6.07, 6.45) is -13.3. The number of amides is 7. The van der Waals surface area contributed by atoms with Crippen LogP contribution in [0, 0.1) is 28.6 Å². The molecule has 4 aromatic carbocycles. The summed E-state index contributed by atoms with van der Waals surface area (Å²) in [4.78, 5) is 195. The van der Waals surface area contributed by atoms with Crippen molar-refractivity contribution in [1.29, 1.82) is 0 Å². The van der Waals surface area contributed by atoms with Gasteiger partial charge in [0.05, 0.1) is 129 Å². The zero-order valence-corrected chi connectivity index (χ0v) is 72.0. The van der Waals surface area contributed by atoms with Gasteiger partial charge in [0, 0.05) is 81.5 Å². The smallest absolute Gasteiger partial charge is 0.455 e. The third-order valence-corrected chi connectivity index (χ3v) is 22.9. The number of nitrogens with one attached hydrogen (secondary N) is 4. The van der Waals surface area contributed by atoms with Gasteiger partial charge < -0.3 is 108 Å². The fourth-order valence-corrected chi connectivity index (χ4v) is 16.1. The number of aliphatic hydroxyl groups is 2. The van der Waals surface area contributed by atoms with Gasteiger partial charge in [-0.25, -0.2) is 24.0 Å². The molecule has 0 aromatic heterocycles. The predicted octanol–water partition coefficient (Wildman–Crippen LogP) is 5.70. The highest BCUT2D eigenvalue weighted by Crippen LogP contribution is 2.64. The van der Waals surface area contributed by atoms with Crippen molar-refractivity contribution in [3.05, 3.63) is 149 Å². The minimum absolute atomic E-state index is 0.00775. The molecular formula is C89H114N6O31. The van der Waals surface area contributed by atoms with Crippen LogP contribution in [0.3, 0.4) is 0 Å². The molecule has 3 aliphatic carbocycles. The molecule has 2 saturated carbocycles. The van der Waals surface area contributed by atoms with E-state index in [1.54, 1.807) is 68.4 Å². The number of Topliss-reactive ketones (excluding diaryl/α,β-unsaturated/α-hetero) is 2. The van der Waals surface area contributed by atoms with Gasteiger partial charge in [-0.15, -0.1) is 5.06 Å². The predicted molar refractivity (Wildman–Crippen MR) is 441 cm³/mol. The molecule has 9 rings (SSSR count). The van der Waals surface area contributed by atoms with Gasteiger partial charge >= 0.3 is 42.0 Å². The highest BCUT2D eigenvalue weighted by atomic mass is 16.7. The van der Waals surface area contributed by atoms with Crippen molar-refractivity contribution in [2.75, 3.05) is 111 Å². The van der Waals surface area contributed by atoms with E-state index in [1.807, 2.05) is 0 Å². The number of anilines is 1. The summed E-state index contributed by atoms with van der Waals surface area (Å²) in [5.74, 6) is -12.2. The molecule has 37 heteroatoms. The lowest BCUT2D eigenvalue weighted by molar-refractivity contribution is -0.346. The van der Waals surface area contributed by atoms with Crippen molar-refractivity contribution in [2.24, 2.45) is 34.3 Å². The summed E-state index contributed by atoms with van der Waals surface area (Å²) >= 11 is 0. The van der Waals surface area contributed by atoms with Crippen LogP contribution in [0.5, 0.6) is 0 Å². The van der Waals surface area contributed by atoms with E-state index in [0.717, 1.165) is 13.8 Å². The first kappa shape index (κ1) is 98.8. The molecule has 37 nitrogen and oxygen atoms in total. The Morgan fingerprint density at radius 3 is 1.71 bits per heavy atom. The minimum atomic E-state index is -2.59. The van der Waals surface area contributed by atoms with E-state index in [1.165, 1.54) is 88.4 Å². The lowest BCUT2D eigenvalue weighted by Gasteiger charge is -2.67. The number of esters is 4. The molecule has 2 unspecified atom stereocenters. The average Bonchev–Trinajstić information content (AvgIpc) is 0.815. The zero-order valence-electron chi connectivity index (χ0n) is 72.0. The van der Waals surface area contributed by atoms with Gasteiger partial charge in [0.2, 0.25) is 17.9 Å². The molecule has 7 amide bonds. The molecule has 0 radical (unpaired) electrons. The summed E-state index contributed by atoms with van der Waals surface area (Å²) in [5, 5.41) is 37.9. The third kappa shape index (κ3) is 26.1. The Hall–Kier alpha value is -11.0. The summed E-state index contributed by atoms with van der Waals surface area (Å²) in [6.45, 7) is 14.1. The zero-order chi connectivity index (χ0) is 91.3. The number of primary amides is 1. The fourth-order valence-electron chi connectivity index (χ4n) is 16.1. The summed E-state index contributed by atoms with van der Waals surface area (Å²) < 4.78 is 81.3. The maximum atomic E-state index is 16.0. The van der Waals surface area contributed by atoms with Crippen molar-refractivity contribution in [3.8, 4) is 0 Å². The Balaban J connectivity index is 0.793. The number of hydroxylamine groups is 2. The minimum Gasteiger partial charge on any atom is -0.455 e. The molecule has 4 fully saturated rings. The molecule has 0 spiro atoms. The van der Waals surface area contributed by atoms with E-state index in [-0.39, 0.29) is 149 Å². The van der Waals surface area contributed by atoms with Crippen molar-refractivity contribution in [2.45, 2.75) is 180 Å². The van der Waals surface area contributed by atoms with Crippen LogP contribution >= 0.6 is 0 Å². The van der Waals surface area contributed by atoms with Gasteiger partial charge in [-0.05, 0) is 91.3 Å².